The second-order valence-electron chi connectivity index (χ2n) is 5.37. The summed E-state index contributed by atoms with van der Waals surface area (Å²) in [6, 6.07) is 0. The zero-order chi connectivity index (χ0) is 12.4. The molecule has 96 valence electrons. The van der Waals surface area contributed by atoms with Gasteiger partial charge in [-0.25, -0.2) is 4.79 Å². The number of carboxylic acid groups (broad SMARTS) is 1. The maximum Gasteiger partial charge on any atom is 0.332 e. The van der Waals surface area contributed by atoms with E-state index in [1.54, 1.807) is 0 Å². The van der Waals surface area contributed by atoms with Crippen molar-refractivity contribution in [3.63, 3.8) is 0 Å². The summed E-state index contributed by atoms with van der Waals surface area (Å²) in [5.41, 5.74) is 1.89. The minimum atomic E-state index is -0.717. The van der Waals surface area contributed by atoms with E-state index < -0.39 is 5.97 Å². The molecule has 0 bridgehead atoms. The van der Waals surface area contributed by atoms with Gasteiger partial charge in [0.25, 0.3) is 0 Å². The molecule has 0 aromatic rings. The molecule has 1 saturated heterocycles. The molecule has 0 unspecified atom stereocenters. The Balaban J connectivity index is 2.15. The lowest BCUT2D eigenvalue weighted by atomic mass is 9.83. The number of nitrogens with zero attached hydrogens (tertiary/aromatic N) is 2. The summed E-state index contributed by atoms with van der Waals surface area (Å²) >= 11 is 0. The number of rotatable bonds is 2. The van der Waals surface area contributed by atoms with Crippen LogP contribution in [0, 0.1) is 5.92 Å². The molecule has 0 amide bonds. The highest BCUT2D eigenvalue weighted by molar-refractivity contribution is 5.88. The first-order chi connectivity index (χ1) is 8.08. The average Bonchev–Trinajstić information content (AvgIpc) is 2.30. The molecule has 2 heterocycles. The van der Waals surface area contributed by atoms with Crippen molar-refractivity contribution in [3.8, 4) is 0 Å². The lowest BCUT2D eigenvalue weighted by Gasteiger charge is -2.35. The van der Waals surface area contributed by atoms with Crippen molar-refractivity contribution in [2.75, 3.05) is 40.3 Å². The number of hydrogen-bond donors (Lipinski definition) is 1. The van der Waals surface area contributed by atoms with E-state index in [2.05, 4.69) is 16.8 Å². The van der Waals surface area contributed by atoms with Crippen molar-refractivity contribution < 1.29 is 9.90 Å². The summed E-state index contributed by atoms with van der Waals surface area (Å²) in [5.74, 6) is -0.212. The molecule has 2 aliphatic rings. The normalized spacial score (nSPS) is 25.3. The number of piperidine rings is 1. The van der Waals surface area contributed by atoms with E-state index >= 15 is 0 Å². The van der Waals surface area contributed by atoms with E-state index in [0.29, 0.717) is 18.0 Å². The predicted molar refractivity (Wildman–Crippen MR) is 67.0 cm³/mol. The molecule has 1 N–H and O–H groups in total. The molecule has 0 spiro atoms. The Bertz CT molecular complexity index is 330. The summed E-state index contributed by atoms with van der Waals surface area (Å²) in [5, 5.41) is 9.31. The third-order valence-corrected chi connectivity index (χ3v) is 4.05. The second kappa shape index (κ2) is 5.19. The first-order valence-corrected chi connectivity index (χ1v) is 6.40. The number of likely N-dealkylation sites (tertiary alicyclic amines) is 1. The van der Waals surface area contributed by atoms with Crippen LogP contribution in [0.5, 0.6) is 0 Å². The summed E-state index contributed by atoms with van der Waals surface area (Å²) in [7, 11) is 4.13. The fraction of sp³-hybridized carbons (Fsp3) is 0.769. The van der Waals surface area contributed by atoms with E-state index in [0.717, 1.165) is 38.9 Å². The monoisotopic (exact) mass is 238 g/mol. The predicted octanol–water partition coefficient (Wildman–Crippen LogP) is 1.04. The Morgan fingerprint density at radius 3 is 2.41 bits per heavy atom. The average molecular weight is 238 g/mol. The Kier molecular flexibility index (Phi) is 3.84. The summed E-state index contributed by atoms with van der Waals surface area (Å²) in [4.78, 5) is 15.7. The molecule has 0 aromatic heterocycles. The van der Waals surface area contributed by atoms with Crippen LogP contribution in [0.3, 0.4) is 0 Å². The standard InChI is InChI=1S/C13H22N2O2/c1-14-6-3-10(4-7-14)11-5-8-15(2)9-12(11)13(16)17/h10H,3-9H2,1-2H3,(H,16,17). The van der Waals surface area contributed by atoms with Crippen LogP contribution in [0.2, 0.25) is 0 Å². The molecule has 0 atom stereocenters. The number of carbonyl (C=O) groups is 1. The van der Waals surface area contributed by atoms with Gasteiger partial charge in [-0.3, -0.25) is 0 Å². The van der Waals surface area contributed by atoms with Gasteiger partial charge < -0.3 is 14.9 Å². The molecule has 2 aliphatic heterocycles. The molecular weight excluding hydrogens is 216 g/mol. The molecular formula is C13H22N2O2. The first-order valence-electron chi connectivity index (χ1n) is 6.40. The first kappa shape index (κ1) is 12.6. The van der Waals surface area contributed by atoms with E-state index in [1.165, 1.54) is 5.57 Å². The van der Waals surface area contributed by atoms with E-state index in [4.69, 9.17) is 0 Å². The Morgan fingerprint density at radius 2 is 1.82 bits per heavy atom. The van der Waals surface area contributed by atoms with Crippen molar-refractivity contribution in [2.45, 2.75) is 19.3 Å². The van der Waals surface area contributed by atoms with Gasteiger partial charge in [0.05, 0.1) is 5.57 Å². The molecule has 0 aromatic carbocycles. The van der Waals surface area contributed by atoms with Crippen LogP contribution in [-0.4, -0.2) is 61.2 Å². The van der Waals surface area contributed by atoms with Crippen molar-refractivity contribution >= 4 is 5.97 Å². The van der Waals surface area contributed by atoms with Gasteiger partial charge >= 0.3 is 5.97 Å². The number of likely N-dealkylation sites (N-methyl/N-ethyl adjacent to an activating group) is 1. The summed E-state index contributed by atoms with van der Waals surface area (Å²) in [6.07, 6.45) is 3.17. The maximum absolute atomic E-state index is 11.3. The van der Waals surface area contributed by atoms with Crippen LogP contribution in [0.4, 0.5) is 0 Å². The van der Waals surface area contributed by atoms with Gasteiger partial charge in [0, 0.05) is 13.1 Å². The Labute approximate surface area is 103 Å². The molecule has 0 radical (unpaired) electrons. The number of hydrogen-bond acceptors (Lipinski definition) is 3. The summed E-state index contributed by atoms with van der Waals surface area (Å²) < 4.78 is 0. The smallest absolute Gasteiger partial charge is 0.332 e. The van der Waals surface area contributed by atoms with Crippen LogP contribution in [0.25, 0.3) is 0 Å². The quantitative estimate of drug-likeness (QED) is 0.781. The fourth-order valence-corrected chi connectivity index (χ4v) is 2.93. The molecule has 1 fully saturated rings. The van der Waals surface area contributed by atoms with Gasteiger partial charge in [-0.05, 0) is 52.4 Å². The Hall–Kier alpha value is -0.870. The summed E-state index contributed by atoms with van der Waals surface area (Å²) in [6.45, 7) is 3.79. The molecule has 0 aliphatic carbocycles. The second-order valence-corrected chi connectivity index (χ2v) is 5.37. The zero-order valence-electron chi connectivity index (χ0n) is 10.8. The lowest BCUT2D eigenvalue weighted by Crippen LogP contribution is -2.36. The number of aliphatic carboxylic acids is 1. The molecule has 2 rings (SSSR count). The minimum Gasteiger partial charge on any atom is -0.478 e. The van der Waals surface area contributed by atoms with Gasteiger partial charge in [-0.1, -0.05) is 5.57 Å². The van der Waals surface area contributed by atoms with Crippen LogP contribution in [-0.2, 0) is 4.79 Å². The van der Waals surface area contributed by atoms with Gasteiger partial charge in [0.2, 0.25) is 0 Å². The van der Waals surface area contributed by atoms with Gasteiger partial charge in [0.1, 0.15) is 0 Å². The highest BCUT2D eigenvalue weighted by atomic mass is 16.4. The van der Waals surface area contributed by atoms with Crippen molar-refractivity contribution in [2.24, 2.45) is 5.92 Å². The van der Waals surface area contributed by atoms with Crippen LogP contribution in [0.1, 0.15) is 19.3 Å². The Morgan fingerprint density at radius 1 is 1.18 bits per heavy atom. The topological polar surface area (TPSA) is 43.8 Å². The minimum absolute atomic E-state index is 0.506. The van der Waals surface area contributed by atoms with Crippen LogP contribution < -0.4 is 0 Å². The highest BCUT2D eigenvalue weighted by Gasteiger charge is 2.28. The third-order valence-electron chi connectivity index (χ3n) is 4.05. The van der Waals surface area contributed by atoms with Gasteiger partial charge in [0.15, 0.2) is 0 Å². The van der Waals surface area contributed by atoms with Crippen molar-refractivity contribution in [1.29, 1.82) is 0 Å². The highest BCUT2D eigenvalue weighted by Crippen LogP contribution is 2.31. The maximum atomic E-state index is 11.3. The van der Waals surface area contributed by atoms with E-state index in [1.807, 2.05) is 7.05 Å². The lowest BCUT2D eigenvalue weighted by molar-refractivity contribution is -0.133. The largest absolute Gasteiger partial charge is 0.478 e. The number of carboxylic acids is 1. The van der Waals surface area contributed by atoms with E-state index in [-0.39, 0.29) is 0 Å². The fourth-order valence-electron chi connectivity index (χ4n) is 2.93. The van der Waals surface area contributed by atoms with Crippen molar-refractivity contribution in [1.82, 2.24) is 9.80 Å². The van der Waals surface area contributed by atoms with Gasteiger partial charge in [-0.15, -0.1) is 0 Å². The zero-order valence-corrected chi connectivity index (χ0v) is 10.8. The van der Waals surface area contributed by atoms with Gasteiger partial charge in [-0.2, -0.15) is 0 Å². The van der Waals surface area contributed by atoms with Crippen LogP contribution >= 0.6 is 0 Å². The molecule has 17 heavy (non-hydrogen) atoms. The molecule has 4 heteroatoms. The third kappa shape index (κ3) is 2.87. The molecule has 4 nitrogen and oxygen atoms in total. The van der Waals surface area contributed by atoms with Crippen LogP contribution in [0.15, 0.2) is 11.1 Å². The van der Waals surface area contributed by atoms with E-state index in [9.17, 15) is 9.90 Å². The SMILES string of the molecule is CN1CCC(C2=C(C(=O)O)CN(C)CC2)CC1. The molecule has 0 saturated carbocycles. The van der Waals surface area contributed by atoms with Crippen molar-refractivity contribution in [3.05, 3.63) is 11.1 Å².